The first kappa shape index (κ1) is 14.9. The third-order valence-electron chi connectivity index (χ3n) is 2.60. The van der Waals surface area contributed by atoms with Crippen LogP contribution in [0.15, 0.2) is 29.2 Å². The Balaban J connectivity index is 2.46. The molecule has 0 fully saturated rings. The number of sulfonamides is 1. The van der Waals surface area contributed by atoms with Crippen LogP contribution in [0.1, 0.15) is 19.3 Å². The van der Waals surface area contributed by atoms with Crippen molar-refractivity contribution < 1.29 is 13.5 Å². The summed E-state index contributed by atoms with van der Waals surface area (Å²) in [5, 5.41) is 11.8. The van der Waals surface area contributed by atoms with Crippen LogP contribution in [0.5, 0.6) is 0 Å². The molecule has 0 heterocycles. The second-order valence-electron chi connectivity index (χ2n) is 3.94. The summed E-state index contributed by atoms with van der Waals surface area (Å²) in [6.07, 6.45) is 2.79. The van der Waals surface area contributed by atoms with Crippen LogP contribution in [0.2, 0.25) is 0 Å². The summed E-state index contributed by atoms with van der Waals surface area (Å²) >= 11 is 0. The third kappa shape index (κ3) is 4.64. The van der Waals surface area contributed by atoms with Gasteiger partial charge in [0, 0.05) is 18.8 Å². The van der Waals surface area contributed by atoms with Crippen LogP contribution in [0, 0.1) is 0 Å². The Morgan fingerprint density at radius 2 is 1.78 bits per heavy atom. The lowest BCUT2D eigenvalue weighted by atomic mass is 10.2. The van der Waals surface area contributed by atoms with Crippen LogP contribution < -0.4 is 10.0 Å². The molecule has 5 nitrogen and oxygen atoms in total. The number of anilines is 1. The van der Waals surface area contributed by atoms with Gasteiger partial charge >= 0.3 is 0 Å². The van der Waals surface area contributed by atoms with Gasteiger partial charge in [-0.15, -0.1) is 0 Å². The van der Waals surface area contributed by atoms with E-state index in [2.05, 4.69) is 10.0 Å². The van der Waals surface area contributed by atoms with Crippen LogP contribution in [0.25, 0.3) is 0 Å². The molecule has 18 heavy (non-hydrogen) atoms. The number of benzene rings is 1. The van der Waals surface area contributed by atoms with E-state index >= 15 is 0 Å². The highest BCUT2D eigenvalue weighted by atomic mass is 32.2. The van der Waals surface area contributed by atoms with Crippen LogP contribution in [0.3, 0.4) is 0 Å². The molecule has 1 rings (SSSR count). The van der Waals surface area contributed by atoms with Gasteiger partial charge in [0.1, 0.15) is 0 Å². The topological polar surface area (TPSA) is 78.4 Å². The molecular weight excluding hydrogens is 252 g/mol. The number of rotatable bonds is 8. The largest absolute Gasteiger partial charge is 0.396 e. The molecule has 0 saturated heterocycles. The van der Waals surface area contributed by atoms with E-state index in [0.717, 1.165) is 31.5 Å². The molecule has 0 unspecified atom stereocenters. The maximum atomic E-state index is 11.5. The molecule has 3 N–H and O–H groups in total. The highest BCUT2D eigenvalue weighted by Gasteiger charge is 2.09. The van der Waals surface area contributed by atoms with Gasteiger partial charge in [0.05, 0.1) is 4.90 Å². The standard InChI is InChI=1S/C12H20N2O3S/c1-13-18(16,17)12-7-5-11(6-8-12)14-9-3-2-4-10-15/h5-8,13-15H,2-4,9-10H2,1H3. The SMILES string of the molecule is CNS(=O)(=O)c1ccc(NCCCCCO)cc1. The van der Waals surface area contributed by atoms with E-state index in [1.165, 1.54) is 7.05 Å². The van der Waals surface area contributed by atoms with Crippen molar-refractivity contribution in [1.29, 1.82) is 0 Å². The zero-order valence-corrected chi connectivity index (χ0v) is 11.3. The second kappa shape index (κ2) is 7.35. The highest BCUT2D eigenvalue weighted by Crippen LogP contribution is 2.13. The zero-order chi connectivity index (χ0) is 13.4. The minimum absolute atomic E-state index is 0.233. The quantitative estimate of drug-likeness (QED) is 0.621. The molecule has 0 radical (unpaired) electrons. The van der Waals surface area contributed by atoms with Gasteiger partial charge in [-0.05, 0) is 50.6 Å². The first-order valence-corrected chi connectivity index (χ1v) is 7.47. The molecule has 0 bridgehead atoms. The summed E-state index contributed by atoms with van der Waals surface area (Å²) < 4.78 is 25.3. The highest BCUT2D eigenvalue weighted by molar-refractivity contribution is 7.89. The Morgan fingerprint density at radius 3 is 2.33 bits per heavy atom. The molecule has 102 valence electrons. The van der Waals surface area contributed by atoms with Gasteiger partial charge in [-0.1, -0.05) is 0 Å². The summed E-state index contributed by atoms with van der Waals surface area (Å²) in [5.41, 5.74) is 0.897. The van der Waals surface area contributed by atoms with Crippen molar-refractivity contribution in [2.24, 2.45) is 0 Å². The number of hydrogen-bond donors (Lipinski definition) is 3. The van der Waals surface area contributed by atoms with Crippen molar-refractivity contribution >= 4 is 15.7 Å². The molecule has 6 heteroatoms. The molecule has 0 aliphatic rings. The molecule has 1 aromatic rings. The number of aliphatic hydroxyl groups is 1. The lowest BCUT2D eigenvalue weighted by Crippen LogP contribution is -2.18. The molecule has 0 saturated carbocycles. The maximum Gasteiger partial charge on any atom is 0.240 e. The number of aliphatic hydroxyl groups excluding tert-OH is 1. The Morgan fingerprint density at radius 1 is 1.11 bits per heavy atom. The molecular formula is C12H20N2O3S. The number of nitrogens with one attached hydrogen (secondary N) is 2. The predicted molar refractivity (Wildman–Crippen MR) is 72.1 cm³/mol. The Labute approximate surface area is 108 Å². The van der Waals surface area contributed by atoms with Gasteiger partial charge in [-0.2, -0.15) is 0 Å². The van der Waals surface area contributed by atoms with Crippen molar-refractivity contribution in [3.8, 4) is 0 Å². The summed E-state index contributed by atoms with van der Waals surface area (Å²) in [5.74, 6) is 0. The fourth-order valence-electron chi connectivity index (χ4n) is 1.52. The van der Waals surface area contributed by atoms with Crippen LogP contribution in [0.4, 0.5) is 5.69 Å². The Hall–Kier alpha value is -1.11. The van der Waals surface area contributed by atoms with Gasteiger partial charge in [0.2, 0.25) is 10.0 Å². The molecule has 1 aromatic carbocycles. The summed E-state index contributed by atoms with van der Waals surface area (Å²) in [6.45, 7) is 1.05. The van der Waals surface area contributed by atoms with E-state index in [0.29, 0.717) is 0 Å². The molecule has 0 aliphatic carbocycles. The summed E-state index contributed by atoms with van der Waals surface area (Å²) in [7, 11) is -1.96. The third-order valence-corrected chi connectivity index (χ3v) is 4.03. The molecule has 0 aromatic heterocycles. The van der Waals surface area contributed by atoms with Crippen LogP contribution in [-0.2, 0) is 10.0 Å². The van der Waals surface area contributed by atoms with E-state index in [-0.39, 0.29) is 11.5 Å². The van der Waals surface area contributed by atoms with Crippen LogP contribution in [-0.4, -0.2) is 33.7 Å². The summed E-state index contributed by atoms with van der Waals surface area (Å²) in [4.78, 5) is 0.260. The normalized spacial score (nSPS) is 11.4. The van der Waals surface area contributed by atoms with Crippen molar-refractivity contribution in [2.75, 3.05) is 25.5 Å². The van der Waals surface area contributed by atoms with E-state index < -0.39 is 10.0 Å². The van der Waals surface area contributed by atoms with Crippen LogP contribution >= 0.6 is 0 Å². The smallest absolute Gasteiger partial charge is 0.240 e. The van der Waals surface area contributed by atoms with Gasteiger partial charge in [-0.3, -0.25) is 0 Å². The lowest BCUT2D eigenvalue weighted by molar-refractivity contribution is 0.283. The zero-order valence-electron chi connectivity index (χ0n) is 10.5. The number of unbranched alkanes of at least 4 members (excludes halogenated alkanes) is 2. The lowest BCUT2D eigenvalue weighted by Gasteiger charge is -2.07. The van der Waals surface area contributed by atoms with Crippen molar-refractivity contribution in [3.63, 3.8) is 0 Å². The fraction of sp³-hybridized carbons (Fsp3) is 0.500. The van der Waals surface area contributed by atoms with E-state index in [9.17, 15) is 8.42 Å². The van der Waals surface area contributed by atoms with Crippen molar-refractivity contribution in [3.05, 3.63) is 24.3 Å². The van der Waals surface area contributed by atoms with Crippen molar-refractivity contribution in [1.82, 2.24) is 4.72 Å². The average molecular weight is 272 g/mol. The van der Waals surface area contributed by atoms with E-state index in [1.807, 2.05) is 0 Å². The first-order chi connectivity index (χ1) is 8.60. The monoisotopic (exact) mass is 272 g/mol. The fourth-order valence-corrected chi connectivity index (χ4v) is 2.25. The molecule has 0 amide bonds. The molecule has 0 atom stereocenters. The maximum absolute atomic E-state index is 11.5. The van der Waals surface area contributed by atoms with Gasteiger partial charge in [0.15, 0.2) is 0 Å². The number of hydrogen-bond acceptors (Lipinski definition) is 4. The predicted octanol–water partition coefficient (Wildman–Crippen LogP) is 1.17. The van der Waals surface area contributed by atoms with E-state index in [1.54, 1.807) is 24.3 Å². The second-order valence-corrected chi connectivity index (χ2v) is 5.83. The minimum Gasteiger partial charge on any atom is -0.396 e. The minimum atomic E-state index is -3.35. The van der Waals surface area contributed by atoms with Crippen molar-refractivity contribution in [2.45, 2.75) is 24.2 Å². The molecule has 0 spiro atoms. The Bertz CT molecular complexity index is 443. The average Bonchev–Trinajstić information content (AvgIpc) is 2.39. The summed E-state index contributed by atoms with van der Waals surface area (Å²) in [6, 6.07) is 6.64. The van der Waals surface area contributed by atoms with Gasteiger partial charge < -0.3 is 10.4 Å². The van der Waals surface area contributed by atoms with Gasteiger partial charge in [-0.25, -0.2) is 13.1 Å². The van der Waals surface area contributed by atoms with E-state index in [4.69, 9.17) is 5.11 Å². The Kier molecular flexibility index (Phi) is 6.11. The van der Waals surface area contributed by atoms with Gasteiger partial charge in [0.25, 0.3) is 0 Å². The molecule has 0 aliphatic heterocycles. The first-order valence-electron chi connectivity index (χ1n) is 5.98.